The van der Waals surface area contributed by atoms with Gasteiger partial charge in [0.05, 0.1) is 6.42 Å². The van der Waals surface area contributed by atoms with Gasteiger partial charge in [-0.15, -0.1) is 0 Å². The highest BCUT2D eigenvalue weighted by molar-refractivity contribution is 6.37. The minimum absolute atomic E-state index is 0.0870. The molecule has 0 atom stereocenters. The molecule has 5 nitrogen and oxygen atoms in total. The summed E-state index contributed by atoms with van der Waals surface area (Å²) >= 11 is 0. The molecule has 1 aromatic heterocycles. The average Bonchev–Trinajstić information content (AvgIpc) is 2.87. The van der Waals surface area contributed by atoms with Crippen LogP contribution in [0, 0.1) is 5.82 Å². The molecule has 1 N–H and O–H groups in total. The first-order valence-electron chi connectivity index (χ1n) is 6.08. The molecule has 0 fully saturated rings. The summed E-state index contributed by atoms with van der Waals surface area (Å²) in [5, 5.41) is 8.44. The zero-order valence-electron chi connectivity index (χ0n) is 10.8. The second-order valence-corrected chi connectivity index (χ2v) is 4.40. The van der Waals surface area contributed by atoms with Gasteiger partial charge in [0.25, 0.3) is 0 Å². The lowest BCUT2D eigenvalue weighted by molar-refractivity contribution is -0.148. The van der Waals surface area contributed by atoms with Crippen LogP contribution in [0.5, 0.6) is 0 Å². The van der Waals surface area contributed by atoms with Crippen molar-refractivity contribution in [3.63, 3.8) is 0 Å². The SMILES string of the molecule is O=C(O)C(=O)CC(=O)c1ccc(Cc2cccc(F)c2)o1. The van der Waals surface area contributed by atoms with E-state index in [1.54, 1.807) is 12.1 Å². The minimum atomic E-state index is -1.66. The summed E-state index contributed by atoms with van der Waals surface area (Å²) in [5.41, 5.74) is 0.671. The Morgan fingerprint density at radius 1 is 1.14 bits per heavy atom. The largest absolute Gasteiger partial charge is 0.475 e. The van der Waals surface area contributed by atoms with E-state index in [1.807, 2.05) is 0 Å². The molecular formula is C15H11FO5. The maximum atomic E-state index is 13.0. The van der Waals surface area contributed by atoms with E-state index in [4.69, 9.17) is 9.52 Å². The molecule has 2 aromatic rings. The standard InChI is InChI=1S/C15H11FO5/c16-10-3-1-2-9(6-10)7-11-4-5-14(21-11)12(17)8-13(18)15(19)20/h1-6H,7-8H2,(H,19,20). The van der Waals surface area contributed by atoms with Gasteiger partial charge in [-0.1, -0.05) is 12.1 Å². The molecule has 0 aliphatic rings. The van der Waals surface area contributed by atoms with Crippen LogP contribution in [0.1, 0.15) is 28.3 Å². The first-order chi connectivity index (χ1) is 9.95. The van der Waals surface area contributed by atoms with Crippen LogP contribution in [-0.4, -0.2) is 22.6 Å². The van der Waals surface area contributed by atoms with Crippen LogP contribution in [0.4, 0.5) is 4.39 Å². The maximum absolute atomic E-state index is 13.0. The highest BCUT2D eigenvalue weighted by Crippen LogP contribution is 2.15. The highest BCUT2D eigenvalue weighted by Gasteiger charge is 2.20. The first kappa shape index (κ1) is 14.6. The zero-order valence-corrected chi connectivity index (χ0v) is 10.8. The number of Topliss-reactive ketones (excluding diaryl/α,β-unsaturated/α-hetero) is 2. The van der Waals surface area contributed by atoms with Gasteiger partial charge in [0, 0.05) is 6.42 Å². The summed E-state index contributed by atoms with van der Waals surface area (Å²) < 4.78 is 18.3. The molecular weight excluding hydrogens is 279 g/mol. The van der Waals surface area contributed by atoms with Gasteiger partial charge in [-0.25, -0.2) is 9.18 Å². The van der Waals surface area contributed by atoms with Crippen LogP contribution in [-0.2, 0) is 16.0 Å². The van der Waals surface area contributed by atoms with Crippen LogP contribution in [0.15, 0.2) is 40.8 Å². The zero-order chi connectivity index (χ0) is 15.4. The fourth-order valence-corrected chi connectivity index (χ4v) is 1.78. The number of ketones is 2. The number of benzene rings is 1. The molecule has 0 spiro atoms. The van der Waals surface area contributed by atoms with E-state index in [0.717, 1.165) is 0 Å². The number of carbonyl (C=O) groups is 3. The molecule has 2 rings (SSSR count). The third-order valence-corrected chi connectivity index (χ3v) is 2.76. The molecule has 0 aliphatic heterocycles. The van der Waals surface area contributed by atoms with Crippen LogP contribution >= 0.6 is 0 Å². The van der Waals surface area contributed by atoms with E-state index in [-0.39, 0.29) is 18.0 Å². The van der Waals surface area contributed by atoms with E-state index >= 15 is 0 Å². The Hall–Kier alpha value is -2.76. The number of carbonyl (C=O) groups excluding carboxylic acids is 2. The van der Waals surface area contributed by atoms with Gasteiger partial charge in [0.15, 0.2) is 5.76 Å². The third-order valence-electron chi connectivity index (χ3n) is 2.76. The van der Waals surface area contributed by atoms with E-state index in [1.165, 1.54) is 24.3 Å². The Morgan fingerprint density at radius 2 is 1.90 bits per heavy atom. The Morgan fingerprint density at radius 3 is 2.57 bits per heavy atom. The fraction of sp³-hybridized carbons (Fsp3) is 0.133. The lowest BCUT2D eigenvalue weighted by Crippen LogP contribution is -2.16. The Kier molecular flexibility index (Phi) is 4.27. The van der Waals surface area contributed by atoms with Crippen molar-refractivity contribution in [2.24, 2.45) is 0 Å². The molecule has 0 aliphatic carbocycles. The quantitative estimate of drug-likeness (QED) is 0.501. The number of rotatable bonds is 6. The maximum Gasteiger partial charge on any atom is 0.372 e. The summed E-state index contributed by atoms with van der Waals surface area (Å²) in [5.74, 6) is -3.59. The van der Waals surface area contributed by atoms with Gasteiger partial charge in [0.2, 0.25) is 11.6 Å². The first-order valence-corrected chi connectivity index (χ1v) is 6.08. The molecule has 21 heavy (non-hydrogen) atoms. The van der Waals surface area contributed by atoms with Gasteiger partial charge in [-0.2, -0.15) is 0 Å². The number of halogens is 1. The van der Waals surface area contributed by atoms with Gasteiger partial charge >= 0.3 is 5.97 Å². The lowest BCUT2D eigenvalue weighted by Gasteiger charge is -1.98. The molecule has 0 bridgehead atoms. The molecule has 108 valence electrons. The van der Waals surface area contributed by atoms with Crippen molar-refractivity contribution < 1.29 is 28.3 Å². The van der Waals surface area contributed by atoms with Crippen molar-refractivity contribution in [3.8, 4) is 0 Å². The van der Waals surface area contributed by atoms with E-state index in [2.05, 4.69) is 0 Å². The second kappa shape index (κ2) is 6.13. The summed E-state index contributed by atoms with van der Waals surface area (Å²) in [7, 11) is 0. The number of furan rings is 1. The van der Waals surface area contributed by atoms with E-state index in [9.17, 15) is 18.8 Å². The van der Waals surface area contributed by atoms with Crippen molar-refractivity contribution in [2.45, 2.75) is 12.8 Å². The van der Waals surface area contributed by atoms with Crippen molar-refractivity contribution >= 4 is 17.5 Å². The topological polar surface area (TPSA) is 84.6 Å². The summed E-state index contributed by atoms with van der Waals surface area (Å²) in [6.07, 6.45) is -0.458. The molecule has 0 unspecified atom stereocenters. The molecule has 6 heteroatoms. The predicted octanol–water partition coefficient (Wildman–Crippen LogP) is 2.24. The molecule has 0 amide bonds. The molecule has 1 heterocycles. The summed E-state index contributed by atoms with van der Waals surface area (Å²) in [4.78, 5) is 33.0. The third kappa shape index (κ3) is 3.85. The number of aliphatic carboxylic acids is 1. The number of hydrogen-bond donors (Lipinski definition) is 1. The summed E-state index contributed by atoms with van der Waals surface area (Å²) in [6.45, 7) is 0. The van der Waals surface area contributed by atoms with Gasteiger partial charge in [-0.05, 0) is 29.8 Å². The molecule has 0 saturated carbocycles. The Bertz CT molecular complexity index is 702. The van der Waals surface area contributed by atoms with Crippen LogP contribution < -0.4 is 0 Å². The number of hydrogen-bond acceptors (Lipinski definition) is 4. The van der Waals surface area contributed by atoms with Crippen molar-refractivity contribution in [1.82, 2.24) is 0 Å². The minimum Gasteiger partial charge on any atom is -0.475 e. The van der Waals surface area contributed by atoms with Gasteiger partial charge in [0.1, 0.15) is 11.6 Å². The number of carboxylic acids is 1. The second-order valence-electron chi connectivity index (χ2n) is 4.40. The Labute approximate surface area is 119 Å². The monoisotopic (exact) mass is 290 g/mol. The van der Waals surface area contributed by atoms with Crippen LogP contribution in [0.3, 0.4) is 0 Å². The predicted molar refractivity (Wildman–Crippen MR) is 69.5 cm³/mol. The highest BCUT2D eigenvalue weighted by atomic mass is 19.1. The number of carboxylic acid groups (broad SMARTS) is 1. The van der Waals surface area contributed by atoms with Gasteiger partial charge < -0.3 is 9.52 Å². The van der Waals surface area contributed by atoms with Gasteiger partial charge in [-0.3, -0.25) is 9.59 Å². The smallest absolute Gasteiger partial charge is 0.372 e. The van der Waals surface area contributed by atoms with Crippen molar-refractivity contribution in [3.05, 3.63) is 59.3 Å². The van der Waals surface area contributed by atoms with Crippen molar-refractivity contribution in [2.75, 3.05) is 0 Å². The molecule has 0 radical (unpaired) electrons. The van der Waals surface area contributed by atoms with Crippen molar-refractivity contribution in [1.29, 1.82) is 0 Å². The van der Waals surface area contributed by atoms with Crippen LogP contribution in [0.25, 0.3) is 0 Å². The van der Waals surface area contributed by atoms with E-state index < -0.39 is 24.0 Å². The molecule has 0 saturated heterocycles. The fourth-order valence-electron chi connectivity index (χ4n) is 1.78. The lowest BCUT2D eigenvalue weighted by atomic mass is 10.1. The van der Waals surface area contributed by atoms with Crippen LogP contribution in [0.2, 0.25) is 0 Å². The average molecular weight is 290 g/mol. The normalized spacial score (nSPS) is 10.3. The molecule has 1 aromatic carbocycles. The Balaban J connectivity index is 2.06. The van der Waals surface area contributed by atoms with E-state index in [0.29, 0.717) is 11.3 Å². The summed E-state index contributed by atoms with van der Waals surface area (Å²) in [6, 6.07) is 8.83.